The minimum absolute atomic E-state index is 0.567. The van der Waals surface area contributed by atoms with Gasteiger partial charge in [0.05, 0.1) is 28.9 Å². The Kier molecular flexibility index (Phi) is 5.86. The van der Waals surface area contributed by atoms with Gasteiger partial charge in [-0.2, -0.15) is 5.10 Å². The summed E-state index contributed by atoms with van der Waals surface area (Å²) in [6.45, 7) is 2.83. The zero-order valence-electron chi connectivity index (χ0n) is 11.3. The van der Waals surface area contributed by atoms with E-state index in [1.165, 1.54) is 0 Å². The van der Waals surface area contributed by atoms with Crippen LogP contribution in [0.4, 0.5) is 0 Å². The van der Waals surface area contributed by atoms with Gasteiger partial charge in [-0.1, -0.05) is 35.3 Å². The lowest BCUT2D eigenvalue weighted by Crippen LogP contribution is -2.19. The quantitative estimate of drug-likeness (QED) is 0.799. The molecule has 1 aromatic carbocycles. The molecule has 0 aliphatic rings. The summed E-state index contributed by atoms with van der Waals surface area (Å²) in [4.78, 5) is 0. The third kappa shape index (κ3) is 4.21. The number of benzene rings is 1. The first-order valence-electron chi connectivity index (χ1n) is 6.35. The van der Waals surface area contributed by atoms with Crippen molar-refractivity contribution in [3.63, 3.8) is 0 Å². The Balaban J connectivity index is 1.94. The minimum Gasteiger partial charge on any atom is -0.383 e. The third-order valence-electron chi connectivity index (χ3n) is 2.85. The van der Waals surface area contributed by atoms with Gasteiger partial charge in [-0.05, 0) is 17.7 Å². The van der Waals surface area contributed by atoms with Crippen molar-refractivity contribution >= 4 is 23.2 Å². The highest BCUT2D eigenvalue weighted by atomic mass is 35.5. The van der Waals surface area contributed by atoms with Crippen molar-refractivity contribution in [3.05, 3.63) is 51.8 Å². The van der Waals surface area contributed by atoms with Crippen LogP contribution < -0.4 is 5.32 Å². The first-order chi connectivity index (χ1) is 9.70. The highest BCUT2D eigenvalue weighted by Crippen LogP contribution is 2.25. The van der Waals surface area contributed by atoms with Crippen molar-refractivity contribution in [2.45, 2.75) is 13.1 Å². The fraction of sp³-hybridized carbons (Fsp3) is 0.357. The molecule has 20 heavy (non-hydrogen) atoms. The van der Waals surface area contributed by atoms with Crippen LogP contribution in [0.25, 0.3) is 0 Å². The van der Waals surface area contributed by atoms with Gasteiger partial charge in [-0.25, -0.2) is 0 Å². The monoisotopic (exact) mass is 313 g/mol. The average molecular weight is 314 g/mol. The normalized spacial score (nSPS) is 10.9. The van der Waals surface area contributed by atoms with Crippen molar-refractivity contribution in [1.82, 2.24) is 15.1 Å². The topological polar surface area (TPSA) is 39.1 Å². The van der Waals surface area contributed by atoms with Crippen LogP contribution >= 0.6 is 23.2 Å². The number of ether oxygens (including phenoxy) is 1. The number of aromatic nitrogens is 2. The maximum Gasteiger partial charge on any atom is 0.0762 e. The van der Waals surface area contributed by atoms with Gasteiger partial charge < -0.3 is 10.1 Å². The van der Waals surface area contributed by atoms with Crippen molar-refractivity contribution in [2.24, 2.45) is 0 Å². The Morgan fingerprint density at radius 2 is 2.15 bits per heavy atom. The maximum absolute atomic E-state index is 6.17. The van der Waals surface area contributed by atoms with Gasteiger partial charge >= 0.3 is 0 Å². The molecule has 2 rings (SSSR count). The van der Waals surface area contributed by atoms with Crippen LogP contribution in [0.3, 0.4) is 0 Å². The van der Waals surface area contributed by atoms with E-state index >= 15 is 0 Å². The van der Waals surface area contributed by atoms with Crippen LogP contribution in [0.1, 0.15) is 11.3 Å². The summed E-state index contributed by atoms with van der Waals surface area (Å²) >= 11 is 12.2. The van der Waals surface area contributed by atoms with E-state index in [1.54, 1.807) is 13.2 Å². The second-order valence-corrected chi connectivity index (χ2v) is 5.17. The van der Waals surface area contributed by atoms with E-state index in [-0.39, 0.29) is 0 Å². The molecule has 0 aliphatic carbocycles. The average Bonchev–Trinajstić information content (AvgIpc) is 2.88. The van der Waals surface area contributed by atoms with Crippen LogP contribution in [-0.4, -0.2) is 30.0 Å². The van der Waals surface area contributed by atoms with Crippen LogP contribution in [0.2, 0.25) is 10.0 Å². The first-order valence-corrected chi connectivity index (χ1v) is 7.11. The van der Waals surface area contributed by atoms with Crippen LogP contribution in [0, 0.1) is 0 Å². The molecule has 0 saturated heterocycles. The highest BCUT2D eigenvalue weighted by molar-refractivity contribution is 6.42. The number of hydrogen-bond acceptors (Lipinski definition) is 3. The number of rotatable bonds is 7. The van der Waals surface area contributed by atoms with Gasteiger partial charge in [0, 0.05) is 26.4 Å². The minimum atomic E-state index is 0.567. The molecule has 0 bridgehead atoms. The summed E-state index contributed by atoms with van der Waals surface area (Å²) in [5.41, 5.74) is 1.94. The fourth-order valence-electron chi connectivity index (χ4n) is 1.82. The SMILES string of the molecule is COCCNCc1ccn(Cc2cccc(Cl)c2Cl)n1. The maximum atomic E-state index is 6.17. The summed E-state index contributed by atoms with van der Waals surface area (Å²) in [7, 11) is 1.69. The summed E-state index contributed by atoms with van der Waals surface area (Å²) in [5, 5.41) is 8.89. The highest BCUT2D eigenvalue weighted by Gasteiger charge is 2.06. The third-order valence-corrected chi connectivity index (χ3v) is 3.71. The Labute approximate surface area is 128 Å². The smallest absolute Gasteiger partial charge is 0.0762 e. The van der Waals surface area contributed by atoms with E-state index in [9.17, 15) is 0 Å². The van der Waals surface area contributed by atoms with E-state index in [0.29, 0.717) is 23.2 Å². The lowest BCUT2D eigenvalue weighted by Gasteiger charge is -2.06. The summed E-state index contributed by atoms with van der Waals surface area (Å²) in [6.07, 6.45) is 1.94. The van der Waals surface area contributed by atoms with E-state index in [1.807, 2.05) is 29.1 Å². The van der Waals surface area contributed by atoms with Crippen LogP contribution in [-0.2, 0) is 17.8 Å². The molecule has 0 aliphatic heterocycles. The van der Waals surface area contributed by atoms with Crippen molar-refractivity contribution < 1.29 is 4.74 Å². The van der Waals surface area contributed by atoms with E-state index in [0.717, 1.165) is 24.3 Å². The molecular weight excluding hydrogens is 297 g/mol. The van der Waals surface area contributed by atoms with Crippen molar-refractivity contribution in [1.29, 1.82) is 0 Å². The molecule has 1 N–H and O–H groups in total. The predicted octanol–water partition coefficient (Wildman–Crippen LogP) is 2.97. The van der Waals surface area contributed by atoms with Crippen molar-refractivity contribution in [2.75, 3.05) is 20.3 Å². The zero-order chi connectivity index (χ0) is 14.4. The molecule has 2 aromatic rings. The van der Waals surface area contributed by atoms with Gasteiger partial charge in [-0.15, -0.1) is 0 Å². The Hall–Kier alpha value is -1.07. The number of halogens is 2. The number of nitrogens with one attached hydrogen (secondary N) is 1. The fourth-order valence-corrected chi connectivity index (χ4v) is 2.20. The standard InChI is InChI=1S/C14H17Cl2N3O/c1-20-8-6-17-9-12-5-7-19(18-12)10-11-3-2-4-13(15)14(11)16/h2-5,7,17H,6,8-10H2,1H3. The molecule has 0 radical (unpaired) electrons. The second kappa shape index (κ2) is 7.64. The molecule has 0 fully saturated rings. The molecule has 6 heteroatoms. The van der Waals surface area contributed by atoms with Gasteiger partial charge in [0.15, 0.2) is 0 Å². The Bertz CT molecular complexity index is 557. The van der Waals surface area contributed by atoms with Crippen LogP contribution in [0.15, 0.2) is 30.5 Å². The number of nitrogens with zero attached hydrogens (tertiary/aromatic N) is 2. The largest absolute Gasteiger partial charge is 0.383 e. The molecule has 1 heterocycles. The van der Waals surface area contributed by atoms with E-state index in [2.05, 4.69) is 10.4 Å². The molecule has 108 valence electrons. The number of hydrogen-bond donors (Lipinski definition) is 1. The van der Waals surface area contributed by atoms with Gasteiger partial charge in [0.25, 0.3) is 0 Å². The summed E-state index contributed by atoms with van der Waals surface area (Å²) in [5.74, 6) is 0. The predicted molar refractivity (Wildman–Crippen MR) is 81.4 cm³/mol. The second-order valence-electron chi connectivity index (χ2n) is 4.39. The Morgan fingerprint density at radius 3 is 2.95 bits per heavy atom. The zero-order valence-corrected chi connectivity index (χ0v) is 12.8. The first kappa shape index (κ1) is 15.3. The Morgan fingerprint density at radius 1 is 1.30 bits per heavy atom. The molecule has 0 saturated carbocycles. The summed E-state index contributed by atoms with van der Waals surface area (Å²) < 4.78 is 6.83. The molecule has 0 atom stereocenters. The van der Waals surface area contributed by atoms with Crippen LogP contribution in [0.5, 0.6) is 0 Å². The molecule has 4 nitrogen and oxygen atoms in total. The molecule has 0 amide bonds. The summed E-state index contributed by atoms with van der Waals surface area (Å²) in [6, 6.07) is 7.60. The molecule has 1 aromatic heterocycles. The lowest BCUT2D eigenvalue weighted by atomic mass is 10.2. The van der Waals surface area contributed by atoms with Crippen molar-refractivity contribution in [3.8, 4) is 0 Å². The lowest BCUT2D eigenvalue weighted by molar-refractivity contribution is 0.199. The molecule has 0 unspecified atom stereocenters. The molecule has 0 spiro atoms. The molecular formula is C14H17Cl2N3O. The van der Waals surface area contributed by atoms with Gasteiger partial charge in [-0.3, -0.25) is 4.68 Å². The van der Waals surface area contributed by atoms with Gasteiger partial charge in [0.1, 0.15) is 0 Å². The number of methoxy groups -OCH3 is 1. The van der Waals surface area contributed by atoms with E-state index in [4.69, 9.17) is 27.9 Å². The van der Waals surface area contributed by atoms with E-state index < -0.39 is 0 Å². The van der Waals surface area contributed by atoms with Gasteiger partial charge in [0.2, 0.25) is 0 Å².